The van der Waals surface area contributed by atoms with Crippen LogP contribution in [0.3, 0.4) is 0 Å². The molecular formula is C14H11Br2N3. The summed E-state index contributed by atoms with van der Waals surface area (Å²) in [5.74, 6) is 0.925. The summed E-state index contributed by atoms with van der Waals surface area (Å²) in [6.45, 7) is 0. The van der Waals surface area contributed by atoms with Crippen molar-refractivity contribution in [3.05, 3.63) is 45.3 Å². The Balaban J connectivity index is 2.24. The second-order valence-corrected chi connectivity index (χ2v) is 6.13. The van der Waals surface area contributed by atoms with E-state index < -0.39 is 0 Å². The molecule has 0 bridgehead atoms. The number of fused-ring (bicyclic) bond motifs is 1. The molecule has 0 aliphatic carbocycles. The summed E-state index contributed by atoms with van der Waals surface area (Å²) >= 11 is 6.92. The van der Waals surface area contributed by atoms with E-state index in [-0.39, 0.29) is 0 Å². The molecule has 2 aromatic carbocycles. The van der Waals surface area contributed by atoms with E-state index >= 15 is 0 Å². The van der Waals surface area contributed by atoms with Crippen molar-refractivity contribution in [3.8, 4) is 11.4 Å². The van der Waals surface area contributed by atoms with Crippen LogP contribution in [0.1, 0.15) is 0 Å². The SMILES string of the molecule is Cn1c(-c2ccc(N)c(Br)c2)nc2cc(Br)ccc21. The standard InChI is InChI=1S/C14H11Br2N3/c1-19-13-5-3-9(15)7-12(13)18-14(19)8-2-4-11(17)10(16)6-8/h2-7H,17H2,1H3. The third kappa shape index (κ3) is 2.17. The predicted molar refractivity (Wildman–Crippen MR) is 86.0 cm³/mol. The van der Waals surface area contributed by atoms with Crippen LogP contribution in [0, 0.1) is 0 Å². The van der Waals surface area contributed by atoms with E-state index in [1.807, 2.05) is 37.4 Å². The average Bonchev–Trinajstić information content (AvgIpc) is 2.70. The normalized spacial score (nSPS) is 11.1. The van der Waals surface area contributed by atoms with E-state index in [0.29, 0.717) is 0 Å². The Morgan fingerprint density at radius 3 is 2.63 bits per heavy atom. The minimum absolute atomic E-state index is 0.727. The molecule has 0 aliphatic heterocycles. The fourth-order valence-corrected chi connectivity index (χ4v) is 2.83. The summed E-state index contributed by atoms with van der Waals surface area (Å²) in [5, 5.41) is 0. The lowest BCUT2D eigenvalue weighted by Gasteiger charge is -2.04. The quantitative estimate of drug-likeness (QED) is 0.638. The summed E-state index contributed by atoms with van der Waals surface area (Å²) in [6, 6.07) is 12.0. The maximum absolute atomic E-state index is 5.82. The van der Waals surface area contributed by atoms with Gasteiger partial charge in [-0.3, -0.25) is 0 Å². The van der Waals surface area contributed by atoms with Gasteiger partial charge in [-0.05, 0) is 52.3 Å². The van der Waals surface area contributed by atoms with Crippen molar-refractivity contribution in [1.82, 2.24) is 9.55 Å². The van der Waals surface area contributed by atoms with Crippen molar-refractivity contribution in [3.63, 3.8) is 0 Å². The minimum atomic E-state index is 0.727. The Bertz CT molecular complexity index is 778. The van der Waals surface area contributed by atoms with E-state index in [2.05, 4.69) is 47.5 Å². The molecule has 96 valence electrons. The van der Waals surface area contributed by atoms with E-state index in [1.54, 1.807) is 0 Å². The van der Waals surface area contributed by atoms with Gasteiger partial charge in [-0.15, -0.1) is 0 Å². The Kier molecular flexibility index (Phi) is 3.11. The van der Waals surface area contributed by atoms with Gasteiger partial charge in [-0.25, -0.2) is 4.98 Å². The van der Waals surface area contributed by atoms with Crippen molar-refractivity contribution in [2.75, 3.05) is 5.73 Å². The molecule has 0 radical (unpaired) electrons. The summed E-state index contributed by atoms with van der Waals surface area (Å²) in [7, 11) is 2.02. The van der Waals surface area contributed by atoms with Gasteiger partial charge < -0.3 is 10.3 Å². The van der Waals surface area contributed by atoms with Crippen molar-refractivity contribution >= 4 is 48.6 Å². The topological polar surface area (TPSA) is 43.8 Å². The van der Waals surface area contributed by atoms with Crippen molar-refractivity contribution in [2.24, 2.45) is 7.05 Å². The third-order valence-corrected chi connectivity index (χ3v) is 4.28. The monoisotopic (exact) mass is 379 g/mol. The Hall–Kier alpha value is -1.33. The Morgan fingerprint density at radius 2 is 1.89 bits per heavy atom. The highest BCUT2D eigenvalue weighted by molar-refractivity contribution is 9.10. The number of anilines is 1. The Morgan fingerprint density at radius 1 is 1.11 bits per heavy atom. The lowest BCUT2D eigenvalue weighted by Crippen LogP contribution is -1.93. The van der Waals surface area contributed by atoms with Crippen LogP contribution >= 0.6 is 31.9 Å². The number of nitrogens with two attached hydrogens (primary N) is 1. The van der Waals surface area contributed by atoms with E-state index in [9.17, 15) is 0 Å². The molecular weight excluding hydrogens is 370 g/mol. The van der Waals surface area contributed by atoms with Crippen LogP contribution in [0.25, 0.3) is 22.4 Å². The first-order chi connectivity index (χ1) is 9.06. The van der Waals surface area contributed by atoms with Crippen molar-refractivity contribution < 1.29 is 0 Å². The fourth-order valence-electron chi connectivity index (χ4n) is 2.10. The molecule has 0 saturated heterocycles. The number of aromatic nitrogens is 2. The molecule has 0 saturated carbocycles. The molecule has 3 aromatic rings. The zero-order valence-electron chi connectivity index (χ0n) is 10.2. The van der Waals surface area contributed by atoms with Crippen LogP contribution in [-0.2, 0) is 7.05 Å². The second kappa shape index (κ2) is 4.65. The van der Waals surface area contributed by atoms with Crippen molar-refractivity contribution in [1.29, 1.82) is 0 Å². The molecule has 3 rings (SSSR count). The molecule has 1 aromatic heterocycles. The first-order valence-electron chi connectivity index (χ1n) is 5.73. The lowest BCUT2D eigenvalue weighted by atomic mass is 10.2. The number of nitrogen functional groups attached to an aromatic ring is 1. The molecule has 2 N–H and O–H groups in total. The molecule has 0 amide bonds. The highest BCUT2D eigenvalue weighted by Gasteiger charge is 2.11. The van der Waals surface area contributed by atoms with Crippen LogP contribution in [0.4, 0.5) is 5.69 Å². The number of imidazole rings is 1. The van der Waals surface area contributed by atoms with Gasteiger partial charge in [0.2, 0.25) is 0 Å². The van der Waals surface area contributed by atoms with Gasteiger partial charge in [0.15, 0.2) is 0 Å². The van der Waals surface area contributed by atoms with Crippen LogP contribution < -0.4 is 5.73 Å². The van der Waals surface area contributed by atoms with Gasteiger partial charge in [-0.1, -0.05) is 15.9 Å². The molecule has 0 fully saturated rings. The van der Waals surface area contributed by atoms with Crippen molar-refractivity contribution in [2.45, 2.75) is 0 Å². The minimum Gasteiger partial charge on any atom is -0.398 e. The predicted octanol–water partition coefficient (Wildman–Crippen LogP) is 4.35. The molecule has 0 atom stereocenters. The molecule has 5 heteroatoms. The molecule has 1 heterocycles. The lowest BCUT2D eigenvalue weighted by molar-refractivity contribution is 0.959. The summed E-state index contributed by atoms with van der Waals surface area (Å²) < 4.78 is 4.00. The highest BCUT2D eigenvalue weighted by atomic mass is 79.9. The largest absolute Gasteiger partial charge is 0.398 e. The van der Waals surface area contributed by atoms with E-state index in [1.165, 1.54) is 0 Å². The van der Waals surface area contributed by atoms with Gasteiger partial charge in [0.25, 0.3) is 0 Å². The molecule has 19 heavy (non-hydrogen) atoms. The maximum Gasteiger partial charge on any atom is 0.140 e. The van der Waals surface area contributed by atoms with Gasteiger partial charge >= 0.3 is 0 Å². The van der Waals surface area contributed by atoms with E-state index in [0.717, 1.165) is 37.1 Å². The zero-order valence-corrected chi connectivity index (χ0v) is 13.4. The zero-order chi connectivity index (χ0) is 13.6. The number of rotatable bonds is 1. The summed E-state index contributed by atoms with van der Waals surface area (Å²) in [4.78, 5) is 4.69. The van der Waals surface area contributed by atoms with Gasteiger partial charge in [-0.2, -0.15) is 0 Å². The first-order valence-corrected chi connectivity index (χ1v) is 7.32. The van der Waals surface area contributed by atoms with Gasteiger partial charge in [0.1, 0.15) is 5.82 Å². The molecule has 0 spiro atoms. The smallest absolute Gasteiger partial charge is 0.140 e. The second-order valence-electron chi connectivity index (χ2n) is 4.36. The van der Waals surface area contributed by atoms with E-state index in [4.69, 9.17) is 5.73 Å². The Labute approximate surface area is 127 Å². The first kappa shape index (κ1) is 12.7. The van der Waals surface area contributed by atoms with Crippen LogP contribution in [-0.4, -0.2) is 9.55 Å². The number of hydrogen-bond donors (Lipinski definition) is 1. The number of hydrogen-bond acceptors (Lipinski definition) is 2. The highest BCUT2D eigenvalue weighted by Crippen LogP contribution is 2.29. The number of aryl methyl sites for hydroxylation is 1. The number of halogens is 2. The van der Waals surface area contributed by atoms with Crippen LogP contribution in [0.2, 0.25) is 0 Å². The number of nitrogens with zero attached hydrogens (tertiary/aromatic N) is 2. The average molecular weight is 381 g/mol. The number of benzene rings is 2. The fraction of sp³-hybridized carbons (Fsp3) is 0.0714. The summed E-state index contributed by atoms with van der Waals surface area (Å²) in [5.41, 5.74) is 9.66. The summed E-state index contributed by atoms with van der Waals surface area (Å²) in [6.07, 6.45) is 0. The van der Waals surface area contributed by atoms with Gasteiger partial charge in [0, 0.05) is 27.2 Å². The molecule has 0 aliphatic rings. The third-order valence-electron chi connectivity index (χ3n) is 3.10. The van der Waals surface area contributed by atoms with Gasteiger partial charge in [0.05, 0.1) is 11.0 Å². The molecule has 0 unspecified atom stereocenters. The van der Waals surface area contributed by atoms with Crippen LogP contribution in [0.15, 0.2) is 45.3 Å². The molecule has 3 nitrogen and oxygen atoms in total. The maximum atomic E-state index is 5.82. The van der Waals surface area contributed by atoms with Crippen LogP contribution in [0.5, 0.6) is 0 Å².